The molecule has 0 aliphatic carbocycles. The minimum Gasteiger partial charge on any atom is -0.394 e. The SMILES string of the molecule is CC(C)NC(=O)Nc1ccc([C@H]2OCC(=O)N(Cc3nccn3C)[C@@H]2CO)cc1. The summed E-state index contributed by atoms with van der Waals surface area (Å²) in [6.45, 7) is 3.76. The number of benzene rings is 1. The van der Waals surface area contributed by atoms with Gasteiger partial charge in [0.05, 0.1) is 19.2 Å². The van der Waals surface area contributed by atoms with Gasteiger partial charge in [-0.25, -0.2) is 9.78 Å². The van der Waals surface area contributed by atoms with E-state index in [1.165, 1.54) is 0 Å². The Morgan fingerprint density at radius 1 is 1.34 bits per heavy atom. The molecule has 1 aliphatic heterocycles. The van der Waals surface area contributed by atoms with Crippen molar-refractivity contribution in [1.82, 2.24) is 19.8 Å². The summed E-state index contributed by atoms with van der Waals surface area (Å²) in [4.78, 5) is 30.2. The quantitative estimate of drug-likeness (QED) is 0.678. The summed E-state index contributed by atoms with van der Waals surface area (Å²) in [6, 6.07) is 6.43. The number of ether oxygens (including phenoxy) is 1. The number of imidazole rings is 1. The number of hydrogen-bond acceptors (Lipinski definition) is 5. The van der Waals surface area contributed by atoms with Crippen LogP contribution in [0.25, 0.3) is 0 Å². The van der Waals surface area contributed by atoms with E-state index in [2.05, 4.69) is 15.6 Å². The molecule has 1 saturated heterocycles. The highest BCUT2D eigenvalue weighted by molar-refractivity contribution is 5.89. The average molecular weight is 401 g/mol. The Labute approximate surface area is 169 Å². The van der Waals surface area contributed by atoms with E-state index in [9.17, 15) is 14.7 Å². The van der Waals surface area contributed by atoms with E-state index in [1.54, 1.807) is 23.2 Å². The smallest absolute Gasteiger partial charge is 0.319 e. The first-order valence-electron chi connectivity index (χ1n) is 9.54. The molecule has 0 radical (unpaired) electrons. The largest absolute Gasteiger partial charge is 0.394 e. The minimum absolute atomic E-state index is 0.0393. The van der Waals surface area contributed by atoms with Gasteiger partial charge in [-0.1, -0.05) is 12.1 Å². The van der Waals surface area contributed by atoms with Gasteiger partial charge in [-0.05, 0) is 31.5 Å². The number of urea groups is 1. The van der Waals surface area contributed by atoms with Gasteiger partial charge in [0.1, 0.15) is 18.5 Å². The summed E-state index contributed by atoms with van der Waals surface area (Å²) in [5, 5.41) is 15.5. The summed E-state index contributed by atoms with van der Waals surface area (Å²) in [5.41, 5.74) is 1.46. The van der Waals surface area contributed by atoms with Crippen molar-refractivity contribution < 1.29 is 19.4 Å². The number of aromatic nitrogens is 2. The molecule has 1 aromatic carbocycles. The lowest BCUT2D eigenvalue weighted by Gasteiger charge is -2.40. The van der Waals surface area contributed by atoms with Crippen LogP contribution in [0.15, 0.2) is 36.7 Å². The van der Waals surface area contributed by atoms with E-state index in [4.69, 9.17) is 4.74 Å². The van der Waals surface area contributed by atoms with Crippen molar-refractivity contribution in [2.24, 2.45) is 7.05 Å². The summed E-state index contributed by atoms with van der Waals surface area (Å²) in [5.74, 6) is 0.542. The summed E-state index contributed by atoms with van der Waals surface area (Å²) >= 11 is 0. The Bertz CT molecular complexity index is 849. The fourth-order valence-electron chi connectivity index (χ4n) is 3.31. The molecular formula is C20H27N5O4. The van der Waals surface area contributed by atoms with Crippen molar-refractivity contribution in [3.05, 3.63) is 48.0 Å². The fourth-order valence-corrected chi connectivity index (χ4v) is 3.31. The molecule has 0 bridgehead atoms. The van der Waals surface area contributed by atoms with E-state index in [-0.39, 0.29) is 31.2 Å². The zero-order chi connectivity index (χ0) is 21.0. The van der Waals surface area contributed by atoms with Gasteiger partial charge in [-0.15, -0.1) is 0 Å². The number of amides is 3. The molecule has 2 aromatic rings. The molecule has 3 rings (SSSR count). The van der Waals surface area contributed by atoms with Gasteiger partial charge in [-0.2, -0.15) is 0 Å². The van der Waals surface area contributed by atoms with Gasteiger partial charge < -0.3 is 29.9 Å². The maximum atomic E-state index is 12.4. The van der Waals surface area contributed by atoms with Crippen molar-refractivity contribution in [3.8, 4) is 0 Å². The van der Waals surface area contributed by atoms with Crippen LogP contribution in [0, 0.1) is 0 Å². The molecule has 0 spiro atoms. The topological polar surface area (TPSA) is 109 Å². The molecule has 3 N–H and O–H groups in total. The third-order valence-electron chi connectivity index (χ3n) is 4.79. The van der Waals surface area contributed by atoms with Crippen molar-refractivity contribution in [2.75, 3.05) is 18.5 Å². The van der Waals surface area contributed by atoms with Gasteiger partial charge in [0.15, 0.2) is 0 Å². The summed E-state index contributed by atoms with van der Waals surface area (Å²) in [6.07, 6.45) is 3.01. The lowest BCUT2D eigenvalue weighted by molar-refractivity contribution is -0.162. The molecule has 1 aromatic heterocycles. The first kappa shape index (κ1) is 20.8. The van der Waals surface area contributed by atoms with Crippen LogP contribution < -0.4 is 10.6 Å². The zero-order valence-electron chi connectivity index (χ0n) is 16.8. The monoisotopic (exact) mass is 401 g/mol. The van der Waals surface area contributed by atoms with Crippen LogP contribution in [0.2, 0.25) is 0 Å². The predicted octanol–water partition coefficient (Wildman–Crippen LogP) is 1.41. The lowest BCUT2D eigenvalue weighted by Crippen LogP contribution is -2.52. The first-order chi connectivity index (χ1) is 13.9. The Morgan fingerprint density at radius 2 is 2.07 bits per heavy atom. The molecule has 9 heteroatoms. The molecule has 0 unspecified atom stereocenters. The van der Waals surface area contributed by atoms with Crippen LogP contribution in [0.5, 0.6) is 0 Å². The van der Waals surface area contributed by atoms with Crippen LogP contribution in [-0.4, -0.2) is 56.8 Å². The predicted molar refractivity (Wildman–Crippen MR) is 107 cm³/mol. The van der Waals surface area contributed by atoms with Crippen molar-refractivity contribution >= 4 is 17.6 Å². The summed E-state index contributed by atoms with van der Waals surface area (Å²) in [7, 11) is 1.86. The molecule has 2 heterocycles. The van der Waals surface area contributed by atoms with E-state index in [0.717, 1.165) is 11.4 Å². The fraction of sp³-hybridized carbons (Fsp3) is 0.450. The third-order valence-corrected chi connectivity index (χ3v) is 4.79. The number of aryl methyl sites for hydroxylation is 1. The highest BCUT2D eigenvalue weighted by atomic mass is 16.5. The molecule has 1 aliphatic rings. The number of morpholine rings is 1. The molecule has 2 atom stereocenters. The Hall–Kier alpha value is -2.91. The van der Waals surface area contributed by atoms with E-state index < -0.39 is 12.1 Å². The van der Waals surface area contributed by atoms with Gasteiger partial charge in [0, 0.05) is 31.2 Å². The molecular weight excluding hydrogens is 374 g/mol. The van der Waals surface area contributed by atoms with E-state index in [0.29, 0.717) is 12.2 Å². The number of aliphatic hydroxyl groups excluding tert-OH is 1. The highest BCUT2D eigenvalue weighted by Crippen LogP contribution is 2.30. The maximum absolute atomic E-state index is 12.4. The van der Waals surface area contributed by atoms with Gasteiger partial charge in [0.25, 0.3) is 0 Å². The number of carbonyl (C=O) groups is 2. The van der Waals surface area contributed by atoms with Crippen molar-refractivity contribution in [1.29, 1.82) is 0 Å². The molecule has 3 amide bonds. The standard InChI is InChI=1S/C20H27N5O4/c1-13(2)22-20(28)23-15-6-4-14(5-7-15)19-16(11-26)25(18(27)12-29-19)10-17-21-8-9-24(17)3/h4-9,13,16,19,26H,10-12H2,1-3H3,(H2,22,23,28)/t16-,19-/m1/s1. The van der Waals surface area contributed by atoms with Crippen molar-refractivity contribution in [2.45, 2.75) is 38.6 Å². The molecule has 0 saturated carbocycles. The summed E-state index contributed by atoms with van der Waals surface area (Å²) < 4.78 is 7.60. The second-order valence-corrected chi connectivity index (χ2v) is 7.33. The molecule has 9 nitrogen and oxygen atoms in total. The van der Waals surface area contributed by atoms with Crippen LogP contribution >= 0.6 is 0 Å². The molecule has 1 fully saturated rings. The third kappa shape index (κ3) is 4.93. The number of nitrogens with one attached hydrogen (secondary N) is 2. The van der Waals surface area contributed by atoms with Crippen LogP contribution in [0.3, 0.4) is 0 Å². The Kier molecular flexibility index (Phi) is 6.50. The zero-order valence-corrected chi connectivity index (χ0v) is 16.8. The second kappa shape index (κ2) is 9.06. The van der Waals surface area contributed by atoms with Gasteiger partial charge in [0.2, 0.25) is 5.91 Å². The molecule has 156 valence electrons. The first-order valence-corrected chi connectivity index (χ1v) is 9.54. The van der Waals surface area contributed by atoms with Crippen LogP contribution in [0.4, 0.5) is 10.5 Å². The number of carbonyl (C=O) groups excluding carboxylic acids is 2. The van der Waals surface area contributed by atoms with Crippen molar-refractivity contribution in [3.63, 3.8) is 0 Å². The normalized spacial score (nSPS) is 19.5. The van der Waals surface area contributed by atoms with Gasteiger partial charge >= 0.3 is 6.03 Å². The van der Waals surface area contributed by atoms with E-state index >= 15 is 0 Å². The van der Waals surface area contributed by atoms with Gasteiger partial charge in [-0.3, -0.25) is 4.79 Å². The number of anilines is 1. The number of nitrogens with zero attached hydrogens (tertiary/aromatic N) is 3. The van der Waals surface area contributed by atoms with E-state index in [1.807, 2.05) is 43.8 Å². The Balaban J connectivity index is 1.74. The lowest BCUT2D eigenvalue weighted by atomic mass is 9.99. The molecule has 29 heavy (non-hydrogen) atoms. The number of hydrogen-bond donors (Lipinski definition) is 3. The Morgan fingerprint density at radius 3 is 2.66 bits per heavy atom. The van der Waals surface area contributed by atoms with Crippen LogP contribution in [-0.2, 0) is 23.1 Å². The van der Waals surface area contributed by atoms with Crippen LogP contribution in [0.1, 0.15) is 31.3 Å². The average Bonchev–Trinajstić information content (AvgIpc) is 3.08. The minimum atomic E-state index is -0.531. The number of aliphatic hydroxyl groups is 1. The second-order valence-electron chi connectivity index (χ2n) is 7.33. The maximum Gasteiger partial charge on any atom is 0.319 e. The number of rotatable bonds is 6. The highest BCUT2D eigenvalue weighted by Gasteiger charge is 2.37.